The molecule has 0 radical (unpaired) electrons. The second kappa shape index (κ2) is 9.41. The average Bonchev–Trinajstić information content (AvgIpc) is 3.72. The minimum atomic E-state index is -0.0312. The third kappa shape index (κ3) is 4.29. The number of hydrogen-bond donors (Lipinski definition) is 2. The third-order valence-corrected chi connectivity index (χ3v) is 10.9. The van der Waals surface area contributed by atoms with Crippen molar-refractivity contribution in [3.8, 4) is 33.6 Å². The number of aromatic nitrogens is 2. The van der Waals surface area contributed by atoms with Gasteiger partial charge in [-0.3, -0.25) is 0 Å². The predicted octanol–water partition coefficient (Wildman–Crippen LogP) is 11.6. The van der Waals surface area contributed by atoms with Gasteiger partial charge in [0, 0.05) is 27.8 Å². The van der Waals surface area contributed by atoms with Gasteiger partial charge in [-0.15, -0.1) is 0 Å². The van der Waals surface area contributed by atoms with Crippen LogP contribution in [0, 0.1) is 10.4 Å². The van der Waals surface area contributed by atoms with Crippen molar-refractivity contribution in [1.29, 1.82) is 0 Å². The zero-order valence-electron chi connectivity index (χ0n) is 30.7. The number of aromatic amines is 1. The topological polar surface area (TPSA) is 48.9 Å². The maximum Gasteiger partial charge on any atom is 0.107 e. The molecular weight excluding hydrogens is 585 g/mol. The fourth-order valence-corrected chi connectivity index (χ4v) is 7.96. The first-order valence-corrected chi connectivity index (χ1v) is 17.4. The van der Waals surface area contributed by atoms with E-state index in [4.69, 9.17) is 4.98 Å². The van der Waals surface area contributed by atoms with Gasteiger partial charge >= 0.3 is 0 Å². The maximum absolute atomic E-state index is 10.8. The monoisotopic (exact) mass is 632 g/mol. The molecule has 244 valence electrons. The van der Waals surface area contributed by atoms with Crippen LogP contribution < -0.4 is 5.35 Å². The molecule has 0 fully saturated rings. The van der Waals surface area contributed by atoms with Gasteiger partial charge in [-0.1, -0.05) is 107 Å². The van der Waals surface area contributed by atoms with Crippen LogP contribution in [0.4, 0.5) is 0 Å². The van der Waals surface area contributed by atoms with Crippen molar-refractivity contribution >= 4 is 38.6 Å². The number of H-pyrrole nitrogens is 1. The highest BCUT2D eigenvalue weighted by molar-refractivity contribution is 6.19. The van der Waals surface area contributed by atoms with Crippen molar-refractivity contribution in [2.45, 2.75) is 105 Å². The number of benzene rings is 4. The molecule has 3 aliphatic rings. The summed E-state index contributed by atoms with van der Waals surface area (Å²) in [6.45, 7) is 27.5. The van der Waals surface area contributed by atoms with Crippen molar-refractivity contribution in [3.63, 3.8) is 0 Å². The van der Waals surface area contributed by atoms with Crippen molar-refractivity contribution in [3.05, 3.63) is 92.8 Å². The Balaban J connectivity index is 1.53. The Morgan fingerprint density at radius 2 is 1.00 bits per heavy atom. The van der Waals surface area contributed by atoms with E-state index in [1.807, 2.05) is 0 Å². The minimum Gasteiger partial charge on any atom is -0.513 e. The summed E-state index contributed by atoms with van der Waals surface area (Å²) in [6, 6.07) is 19.1. The Bertz CT molecular complexity index is 2580. The molecule has 3 nitrogen and oxygen atoms in total. The molecule has 0 atom stereocenters. The van der Waals surface area contributed by atoms with Gasteiger partial charge in [0.15, 0.2) is 0 Å². The number of hydrogen-bond acceptors (Lipinski definition) is 2. The molecule has 2 N–H and O–H groups in total. The molecule has 8 rings (SSSR count). The molecule has 4 aromatic carbocycles. The summed E-state index contributed by atoms with van der Waals surface area (Å²) < 4.78 is 0. The zero-order chi connectivity index (χ0) is 34.5. The van der Waals surface area contributed by atoms with Crippen molar-refractivity contribution < 1.29 is 5.11 Å². The van der Waals surface area contributed by atoms with E-state index in [-0.39, 0.29) is 21.7 Å². The standard InChI is InChI=1S/C45H48N2O/c1-42(2,3)25-13-23-14-26(43(4,5)6)18-30-35(23)29(17-25)33-21-46-40(37(30)33)41-39-32-20-28(45(10,11)12)16-24-15-27(44(7,8)9)19-31(36(24)32)38(39)34(22-48)47-41/h13-22,46,48H,1-12H3. The molecule has 0 saturated carbocycles. The van der Waals surface area contributed by atoms with Crippen LogP contribution in [0.3, 0.4) is 0 Å². The highest BCUT2D eigenvalue weighted by Crippen LogP contribution is 2.54. The Morgan fingerprint density at radius 3 is 1.50 bits per heavy atom. The van der Waals surface area contributed by atoms with E-state index in [1.54, 1.807) is 0 Å². The SMILES string of the molecule is CC(C)(C)c1cc2c3c(cc(C(C)(C)C)cc3c1)-c1c-2c[nH]c1-c1nc(=CO)c2c3cc(C(C)(C)C)cc4cc(C(C)(C)C)cc(c1=2)c43. The highest BCUT2D eigenvalue weighted by Gasteiger charge is 2.32. The molecule has 0 unspecified atom stereocenters. The van der Waals surface area contributed by atoms with E-state index >= 15 is 0 Å². The molecule has 48 heavy (non-hydrogen) atoms. The van der Waals surface area contributed by atoms with E-state index in [0.29, 0.717) is 5.35 Å². The molecule has 1 aliphatic heterocycles. The fraction of sp³-hybridized carbons (Fsp3) is 0.356. The van der Waals surface area contributed by atoms with Crippen molar-refractivity contribution in [1.82, 2.24) is 9.97 Å². The van der Waals surface area contributed by atoms with E-state index < -0.39 is 0 Å². The Kier molecular flexibility index (Phi) is 6.06. The molecule has 0 spiro atoms. The molecule has 2 aliphatic carbocycles. The Labute approximate surface area is 284 Å². The summed E-state index contributed by atoms with van der Waals surface area (Å²) in [5.74, 6) is 0. The van der Waals surface area contributed by atoms with E-state index in [0.717, 1.165) is 21.8 Å². The van der Waals surface area contributed by atoms with Gasteiger partial charge in [0.25, 0.3) is 0 Å². The molecule has 0 saturated heterocycles. The summed E-state index contributed by atoms with van der Waals surface area (Å²) in [6.07, 6.45) is 3.40. The maximum atomic E-state index is 10.8. The van der Waals surface area contributed by atoms with Gasteiger partial charge in [0.2, 0.25) is 0 Å². The van der Waals surface area contributed by atoms with Crippen LogP contribution in [0.2, 0.25) is 0 Å². The normalized spacial score (nSPS) is 14.5. The van der Waals surface area contributed by atoms with Gasteiger partial charge < -0.3 is 10.1 Å². The van der Waals surface area contributed by atoms with E-state index in [1.165, 1.54) is 83.1 Å². The molecule has 3 heteroatoms. The van der Waals surface area contributed by atoms with Crippen molar-refractivity contribution in [2.75, 3.05) is 0 Å². The van der Waals surface area contributed by atoms with Crippen LogP contribution in [0.1, 0.15) is 105 Å². The lowest BCUT2D eigenvalue weighted by atomic mass is 9.81. The lowest BCUT2D eigenvalue weighted by Gasteiger charge is -2.23. The smallest absolute Gasteiger partial charge is 0.107 e. The van der Waals surface area contributed by atoms with Crippen LogP contribution in [-0.2, 0) is 21.7 Å². The molecule has 0 amide bonds. The number of aliphatic hydroxyl groups is 1. The lowest BCUT2D eigenvalue weighted by molar-refractivity contribution is 0.538. The molecule has 0 bridgehead atoms. The van der Waals surface area contributed by atoms with E-state index in [9.17, 15) is 5.11 Å². The van der Waals surface area contributed by atoms with E-state index in [2.05, 4.69) is 143 Å². The number of fused-ring (bicyclic) bond motifs is 5. The number of nitrogens with one attached hydrogen (secondary N) is 1. The summed E-state index contributed by atoms with van der Waals surface area (Å²) in [5, 5.41) is 21.0. The number of rotatable bonds is 1. The molecule has 5 aromatic rings. The molecular formula is C45H48N2O. The summed E-state index contributed by atoms with van der Waals surface area (Å²) >= 11 is 0. The first-order valence-electron chi connectivity index (χ1n) is 17.4. The van der Waals surface area contributed by atoms with Crippen LogP contribution in [-0.4, -0.2) is 15.1 Å². The van der Waals surface area contributed by atoms with Gasteiger partial charge in [0.05, 0.1) is 11.4 Å². The highest BCUT2D eigenvalue weighted by atomic mass is 16.2. The zero-order valence-corrected chi connectivity index (χ0v) is 30.7. The van der Waals surface area contributed by atoms with Crippen LogP contribution in [0.25, 0.3) is 72.2 Å². The molecule has 1 aromatic heterocycles. The first-order chi connectivity index (χ1) is 22.3. The fourth-order valence-electron chi connectivity index (χ4n) is 7.96. The van der Waals surface area contributed by atoms with Gasteiger partial charge in [0.1, 0.15) is 11.6 Å². The summed E-state index contributed by atoms with van der Waals surface area (Å²) in [7, 11) is 0. The quantitative estimate of drug-likeness (QED) is 0.189. The van der Waals surface area contributed by atoms with Crippen molar-refractivity contribution in [2.24, 2.45) is 0 Å². The van der Waals surface area contributed by atoms with Gasteiger partial charge in [-0.05, 0) is 112 Å². The molecule has 2 heterocycles. The number of aliphatic hydroxyl groups excluding tert-OH is 1. The second-order valence-corrected chi connectivity index (χ2v) is 18.5. The van der Waals surface area contributed by atoms with Gasteiger partial charge in [-0.25, -0.2) is 4.98 Å². The minimum absolute atomic E-state index is 0.00789. The third-order valence-electron chi connectivity index (χ3n) is 10.9. The van der Waals surface area contributed by atoms with Crippen LogP contribution in [0.5, 0.6) is 0 Å². The Morgan fingerprint density at radius 1 is 0.542 bits per heavy atom. The largest absolute Gasteiger partial charge is 0.513 e. The lowest BCUT2D eigenvalue weighted by Crippen LogP contribution is -2.12. The van der Waals surface area contributed by atoms with Crippen LogP contribution in [0.15, 0.2) is 54.7 Å². The van der Waals surface area contributed by atoms with Crippen LogP contribution >= 0.6 is 0 Å². The predicted molar refractivity (Wildman–Crippen MR) is 205 cm³/mol. The van der Waals surface area contributed by atoms with Gasteiger partial charge in [-0.2, -0.15) is 0 Å². The summed E-state index contributed by atoms with van der Waals surface area (Å²) in [4.78, 5) is 9.00. The second-order valence-electron chi connectivity index (χ2n) is 18.5. The first kappa shape index (κ1) is 30.9. The Hall–Kier alpha value is -4.37. The average molecular weight is 633 g/mol. The number of nitrogens with zero attached hydrogens (tertiary/aromatic N) is 1. The summed E-state index contributed by atoms with van der Waals surface area (Å²) in [5.41, 5.74) is 12.1.